The van der Waals surface area contributed by atoms with Gasteiger partial charge in [-0.2, -0.15) is 0 Å². The quantitative estimate of drug-likeness (QED) is 0.733. The molecule has 0 aliphatic rings. The lowest BCUT2D eigenvalue weighted by Crippen LogP contribution is -2.30. The molecule has 2 amide bonds. The number of carbonyl (C=O) groups excluding carboxylic acids is 1. The molecular formula is C16H21N3O2S. The van der Waals surface area contributed by atoms with E-state index in [-0.39, 0.29) is 6.03 Å². The molecule has 2 aromatic rings. The van der Waals surface area contributed by atoms with Crippen LogP contribution in [0.2, 0.25) is 0 Å². The van der Waals surface area contributed by atoms with Crippen molar-refractivity contribution >= 4 is 22.5 Å². The number of nitrogens with zero attached hydrogens (tertiary/aromatic N) is 1. The molecule has 0 aliphatic carbocycles. The number of benzene rings is 1. The monoisotopic (exact) mass is 319 g/mol. The minimum atomic E-state index is -0.572. The van der Waals surface area contributed by atoms with Gasteiger partial charge in [-0.05, 0) is 18.4 Å². The molecule has 22 heavy (non-hydrogen) atoms. The third-order valence-corrected chi connectivity index (χ3v) is 4.13. The van der Waals surface area contributed by atoms with Gasteiger partial charge in [0.15, 0.2) is 5.13 Å². The fourth-order valence-corrected chi connectivity index (χ4v) is 2.94. The van der Waals surface area contributed by atoms with Crippen LogP contribution in [0, 0.1) is 0 Å². The van der Waals surface area contributed by atoms with Gasteiger partial charge in [-0.3, -0.25) is 5.32 Å². The molecule has 0 saturated heterocycles. The highest BCUT2D eigenvalue weighted by Gasteiger charge is 2.09. The van der Waals surface area contributed by atoms with Crippen molar-refractivity contribution < 1.29 is 9.90 Å². The number of thiazole rings is 1. The molecule has 5 nitrogen and oxygen atoms in total. The van der Waals surface area contributed by atoms with Gasteiger partial charge >= 0.3 is 6.03 Å². The van der Waals surface area contributed by atoms with E-state index >= 15 is 0 Å². The Morgan fingerprint density at radius 3 is 2.86 bits per heavy atom. The molecule has 3 N–H and O–H groups in total. The zero-order chi connectivity index (χ0) is 15.8. The van der Waals surface area contributed by atoms with Crippen LogP contribution in [0.3, 0.4) is 0 Å². The molecule has 0 spiro atoms. The molecular weight excluding hydrogens is 298 g/mol. The van der Waals surface area contributed by atoms with Crippen molar-refractivity contribution in [3.05, 3.63) is 47.0 Å². The smallest absolute Gasteiger partial charge is 0.321 e. The van der Waals surface area contributed by atoms with Gasteiger partial charge in [0.25, 0.3) is 0 Å². The highest BCUT2D eigenvalue weighted by atomic mass is 32.1. The molecule has 6 heteroatoms. The number of urea groups is 1. The van der Waals surface area contributed by atoms with E-state index in [1.165, 1.54) is 11.3 Å². The number of carbonyl (C=O) groups is 1. The second kappa shape index (κ2) is 8.51. The standard InChI is InChI=1S/C16H21N3O2S/c1-2-6-13-11-18-16(22-13)19-15(21)17-10-9-14(20)12-7-4-3-5-8-12/h3-5,7-8,11,14,20H,2,6,9-10H2,1H3,(H2,17,18,19,21). The van der Waals surface area contributed by atoms with Crippen LogP contribution in [0.15, 0.2) is 36.5 Å². The number of anilines is 1. The van der Waals surface area contributed by atoms with Crippen LogP contribution < -0.4 is 10.6 Å². The average Bonchev–Trinajstić information content (AvgIpc) is 2.95. The van der Waals surface area contributed by atoms with Crippen molar-refractivity contribution in [3.8, 4) is 0 Å². The topological polar surface area (TPSA) is 74.2 Å². The molecule has 1 heterocycles. The first-order chi connectivity index (χ1) is 10.7. The lowest BCUT2D eigenvalue weighted by atomic mass is 10.1. The summed E-state index contributed by atoms with van der Waals surface area (Å²) < 4.78 is 0. The van der Waals surface area contributed by atoms with Crippen LogP contribution in [-0.4, -0.2) is 22.7 Å². The molecule has 1 aromatic heterocycles. The van der Waals surface area contributed by atoms with Crippen molar-refractivity contribution in [2.45, 2.75) is 32.3 Å². The van der Waals surface area contributed by atoms with Gasteiger partial charge < -0.3 is 10.4 Å². The Kier molecular flexibility index (Phi) is 6.36. The van der Waals surface area contributed by atoms with Crippen LogP contribution in [-0.2, 0) is 6.42 Å². The summed E-state index contributed by atoms with van der Waals surface area (Å²) in [7, 11) is 0. The predicted octanol–water partition coefficient (Wildman–Crippen LogP) is 3.34. The van der Waals surface area contributed by atoms with Crippen molar-refractivity contribution in [1.29, 1.82) is 0 Å². The van der Waals surface area contributed by atoms with E-state index in [0.717, 1.165) is 23.3 Å². The van der Waals surface area contributed by atoms with E-state index < -0.39 is 6.10 Å². The SMILES string of the molecule is CCCc1cnc(NC(=O)NCCC(O)c2ccccc2)s1. The van der Waals surface area contributed by atoms with E-state index in [9.17, 15) is 9.90 Å². The number of aryl methyl sites for hydroxylation is 1. The Morgan fingerprint density at radius 2 is 2.14 bits per heavy atom. The highest BCUT2D eigenvalue weighted by molar-refractivity contribution is 7.15. The van der Waals surface area contributed by atoms with Crippen LogP contribution in [0.5, 0.6) is 0 Å². The maximum absolute atomic E-state index is 11.8. The second-order valence-corrected chi connectivity index (χ2v) is 6.09. The molecule has 118 valence electrons. The first kappa shape index (κ1) is 16.5. The second-order valence-electron chi connectivity index (χ2n) is 4.98. The number of aromatic nitrogens is 1. The average molecular weight is 319 g/mol. The van der Waals surface area contributed by atoms with Crippen molar-refractivity contribution in [2.75, 3.05) is 11.9 Å². The highest BCUT2D eigenvalue weighted by Crippen LogP contribution is 2.19. The van der Waals surface area contributed by atoms with Crippen LogP contribution in [0.25, 0.3) is 0 Å². The molecule has 0 bridgehead atoms. The largest absolute Gasteiger partial charge is 0.388 e. The van der Waals surface area contributed by atoms with Crippen LogP contribution >= 0.6 is 11.3 Å². The Morgan fingerprint density at radius 1 is 1.36 bits per heavy atom. The molecule has 1 aromatic carbocycles. The van der Waals surface area contributed by atoms with Gasteiger partial charge in [-0.15, -0.1) is 11.3 Å². The third-order valence-electron chi connectivity index (χ3n) is 3.16. The third kappa shape index (κ3) is 5.13. The molecule has 1 atom stereocenters. The predicted molar refractivity (Wildman–Crippen MR) is 89.1 cm³/mol. The molecule has 0 aliphatic heterocycles. The lowest BCUT2D eigenvalue weighted by molar-refractivity contribution is 0.167. The number of hydrogen-bond acceptors (Lipinski definition) is 4. The first-order valence-corrected chi connectivity index (χ1v) is 8.23. The summed E-state index contributed by atoms with van der Waals surface area (Å²) in [4.78, 5) is 17.1. The van der Waals surface area contributed by atoms with Crippen LogP contribution in [0.1, 0.15) is 36.3 Å². The minimum Gasteiger partial charge on any atom is -0.388 e. The Bertz CT molecular complexity index is 586. The summed E-state index contributed by atoms with van der Waals surface area (Å²) in [6.45, 7) is 2.51. The zero-order valence-corrected chi connectivity index (χ0v) is 13.4. The number of rotatable bonds is 7. The number of amides is 2. The van der Waals surface area contributed by atoms with Gasteiger partial charge in [-0.25, -0.2) is 9.78 Å². The summed E-state index contributed by atoms with van der Waals surface area (Å²) in [5, 5.41) is 16.0. The Labute approximate surface area is 134 Å². The molecule has 0 radical (unpaired) electrons. The van der Waals surface area contributed by atoms with E-state index in [1.54, 1.807) is 6.20 Å². The minimum absolute atomic E-state index is 0.294. The van der Waals surface area contributed by atoms with Gasteiger partial charge in [0, 0.05) is 17.6 Å². The van der Waals surface area contributed by atoms with E-state index in [1.807, 2.05) is 30.3 Å². The van der Waals surface area contributed by atoms with E-state index in [2.05, 4.69) is 22.5 Å². The van der Waals surface area contributed by atoms with Gasteiger partial charge in [0.2, 0.25) is 0 Å². The summed E-state index contributed by atoms with van der Waals surface area (Å²) >= 11 is 1.49. The molecule has 1 unspecified atom stereocenters. The fourth-order valence-electron chi connectivity index (χ4n) is 2.03. The first-order valence-electron chi connectivity index (χ1n) is 7.41. The number of aliphatic hydroxyl groups is 1. The number of nitrogens with one attached hydrogen (secondary N) is 2. The van der Waals surface area contributed by atoms with Crippen molar-refractivity contribution in [1.82, 2.24) is 10.3 Å². The van der Waals surface area contributed by atoms with Gasteiger partial charge in [0.1, 0.15) is 0 Å². The van der Waals surface area contributed by atoms with Crippen molar-refractivity contribution in [2.24, 2.45) is 0 Å². The molecule has 2 rings (SSSR count). The summed E-state index contributed by atoms with van der Waals surface area (Å²) in [6, 6.07) is 9.12. The zero-order valence-electron chi connectivity index (χ0n) is 12.6. The van der Waals surface area contributed by atoms with E-state index in [0.29, 0.717) is 18.1 Å². The van der Waals surface area contributed by atoms with E-state index in [4.69, 9.17) is 0 Å². The van der Waals surface area contributed by atoms with Gasteiger partial charge in [0.05, 0.1) is 6.10 Å². The summed E-state index contributed by atoms with van der Waals surface area (Å²) in [5.41, 5.74) is 0.855. The maximum Gasteiger partial charge on any atom is 0.321 e. The summed E-state index contributed by atoms with van der Waals surface area (Å²) in [5.74, 6) is 0. The normalized spacial score (nSPS) is 11.9. The maximum atomic E-state index is 11.8. The lowest BCUT2D eigenvalue weighted by Gasteiger charge is -2.11. The van der Waals surface area contributed by atoms with Gasteiger partial charge in [-0.1, -0.05) is 43.7 Å². The number of aliphatic hydroxyl groups excluding tert-OH is 1. The number of hydrogen-bond donors (Lipinski definition) is 3. The Hall–Kier alpha value is -1.92. The molecule has 0 fully saturated rings. The Balaban J connectivity index is 1.71. The molecule has 0 saturated carbocycles. The fraction of sp³-hybridized carbons (Fsp3) is 0.375. The van der Waals surface area contributed by atoms with Crippen molar-refractivity contribution in [3.63, 3.8) is 0 Å². The summed E-state index contributed by atoms with van der Waals surface area (Å²) in [6.07, 6.45) is 3.73. The van der Waals surface area contributed by atoms with Crippen LogP contribution in [0.4, 0.5) is 9.93 Å².